The molecule has 5 heteroatoms. The minimum Gasteiger partial charge on any atom is -0.366 e. The van der Waals surface area contributed by atoms with E-state index < -0.39 is 11.9 Å². The van der Waals surface area contributed by atoms with Crippen LogP contribution in [0.2, 0.25) is 0 Å². The normalized spacial score (nSPS) is 9.31. The Kier molecular flexibility index (Phi) is 2.87. The largest absolute Gasteiger partial charge is 0.366 e. The maximum atomic E-state index is 10.9. The third-order valence-electron chi connectivity index (χ3n) is 1.45. The molecule has 0 saturated heterocycles. The lowest BCUT2D eigenvalue weighted by Crippen LogP contribution is -2.11. The van der Waals surface area contributed by atoms with E-state index in [1.54, 1.807) is 0 Å². The Bertz CT molecular complexity index is 351. The lowest BCUT2D eigenvalue weighted by Gasteiger charge is -1.98. The first-order valence-electron chi connectivity index (χ1n) is 3.38. The highest BCUT2D eigenvalue weighted by atomic mass is 35.5. The number of nitrogens with two attached hydrogens (primary N) is 1. The van der Waals surface area contributed by atoms with E-state index in [0.29, 0.717) is 0 Å². The van der Waals surface area contributed by atoms with Crippen LogP contribution in [0.5, 0.6) is 0 Å². The number of carbonyl (C=O) groups is 2. The van der Waals surface area contributed by atoms with Gasteiger partial charge in [-0.1, -0.05) is 6.07 Å². The number of primary amides is 1. The second-order valence-corrected chi connectivity index (χ2v) is 2.46. The Hall–Kier alpha value is -1.55. The lowest BCUT2D eigenvalue weighted by molar-refractivity contribution is 0.0751. The summed E-state index contributed by atoms with van der Waals surface area (Å²) in [5.74, 6) is -1.33. The standard InChI is InChI=1S/C8H6ClNO3/c9-13-8(12)6-3-1-2-5(4-6)7(10)11/h1-4H,(H2,10,11). The fourth-order valence-electron chi connectivity index (χ4n) is 0.844. The molecule has 0 aliphatic heterocycles. The highest BCUT2D eigenvalue weighted by Gasteiger charge is 2.08. The van der Waals surface area contributed by atoms with Crippen molar-refractivity contribution in [2.75, 3.05) is 0 Å². The number of rotatable bonds is 2. The van der Waals surface area contributed by atoms with E-state index in [-0.39, 0.29) is 11.1 Å². The Morgan fingerprint density at radius 3 is 2.46 bits per heavy atom. The quantitative estimate of drug-likeness (QED) is 0.775. The summed E-state index contributed by atoms with van der Waals surface area (Å²) in [6, 6.07) is 5.79. The van der Waals surface area contributed by atoms with E-state index >= 15 is 0 Å². The average molecular weight is 200 g/mol. The molecule has 0 unspecified atom stereocenters. The van der Waals surface area contributed by atoms with Crippen LogP contribution in [0.3, 0.4) is 0 Å². The first-order valence-corrected chi connectivity index (χ1v) is 3.69. The minimum absolute atomic E-state index is 0.186. The number of amides is 1. The Labute approximate surface area is 79.4 Å². The van der Waals surface area contributed by atoms with Crippen molar-refractivity contribution in [3.63, 3.8) is 0 Å². The zero-order chi connectivity index (χ0) is 9.84. The SMILES string of the molecule is NC(=O)c1cccc(C(=O)OCl)c1. The first-order chi connectivity index (χ1) is 6.15. The predicted molar refractivity (Wildman–Crippen MR) is 46.2 cm³/mol. The molecule has 0 atom stereocenters. The number of carbonyl (C=O) groups excluding carboxylic acids is 2. The molecule has 0 saturated carbocycles. The molecule has 2 N–H and O–H groups in total. The van der Waals surface area contributed by atoms with Crippen molar-refractivity contribution < 1.29 is 13.9 Å². The average Bonchev–Trinajstić information content (AvgIpc) is 2.17. The summed E-state index contributed by atoms with van der Waals surface area (Å²) in [5, 5.41) is 0. The van der Waals surface area contributed by atoms with Crippen molar-refractivity contribution in [1.29, 1.82) is 0 Å². The summed E-state index contributed by atoms with van der Waals surface area (Å²) in [7, 11) is 0. The van der Waals surface area contributed by atoms with Gasteiger partial charge >= 0.3 is 5.97 Å². The summed E-state index contributed by atoms with van der Waals surface area (Å²) >= 11 is 4.85. The number of hydrogen-bond acceptors (Lipinski definition) is 3. The third kappa shape index (κ3) is 2.19. The lowest BCUT2D eigenvalue weighted by atomic mass is 10.1. The molecule has 0 heterocycles. The van der Waals surface area contributed by atoms with Crippen LogP contribution in [-0.2, 0) is 4.29 Å². The molecular formula is C8H6ClNO3. The van der Waals surface area contributed by atoms with Crippen LogP contribution < -0.4 is 5.73 Å². The molecule has 0 bridgehead atoms. The zero-order valence-electron chi connectivity index (χ0n) is 6.49. The third-order valence-corrected chi connectivity index (χ3v) is 1.59. The summed E-state index contributed by atoms with van der Waals surface area (Å²) in [6.07, 6.45) is 0. The van der Waals surface area contributed by atoms with Gasteiger partial charge in [0.05, 0.1) is 5.56 Å². The van der Waals surface area contributed by atoms with Crippen molar-refractivity contribution in [2.45, 2.75) is 0 Å². The summed E-state index contributed by atoms with van der Waals surface area (Å²) in [4.78, 5) is 21.6. The summed E-state index contributed by atoms with van der Waals surface area (Å²) < 4.78 is 3.95. The van der Waals surface area contributed by atoms with E-state index in [1.165, 1.54) is 24.3 Å². The monoisotopic (exact) mass is 199 g/mol. The van der Waals surface area contributed by atoms with Gasteiger partial charge in [0.1, 0.15) is 11.9 Å². The number of benzene rings is 1. The van der Waals surface area contributed by atoms with Crippen LogP contribution in [0.15, 0.2) is 24.3 Å². The van der Waals surface area contributed by atoms with E-state index in [9.17, 15) is 9.59 Å². The molecule has 4 nitrogen and oxygen atoms in total. The second kappa shape index (κ2) is 3.91. The smallest absolute Gasteiger partial charge is 0.356 e. The summed E-state index contributed by atoms with van der Waals surface area (Å²) in [5.41, 5.74) is 5.42. The molecular weight excluding hydrogens is 194 g/mol. The molecule has 1 amide bonds. The van der Waals surface area contributed by atoms with Gasteiger partial charge in [-0.15, -0.1) is 0 Å². The van der Waals surface area contributed by atoms with Crippen LogP contribution >= 0.6 is 11.9 Å². The molecule has 0 spiro atoms. The molecule has 0 aliphatic rings. The molecule has 1 aromatic carbocycles. The molecule has 0 aliphatic carbocycles. The van der Waals surface area contributed by atoms with Crippen molar-refractivity contribution in [3.8, 4) is 0 Å². The van der Waals surface area contributed by atoms with Crippen molar-refractivity contribution >= 4 is 23.7 Å². The Balaban J connectivity index is 3.05. The topological polar surface area (TPSA) is 69.4 Å². The predicted octanol–water partition coefficient (Wildman–Crippen LogP) is 1.10. The van der Waals surface area contributed by atoms with Gasteiger partial charge in [-0.25, -0.2) is 4.79 Å². The highest BCUT2D eigenvalue weighted by Crippen LogP contribution is 2.06. The minimum atomic E-state index is -0.718. The maximum absolute atomic E-state index is 10.9. The fraction of sp³-hybridized carbons (Fsp3) is 0. The van der Waals surface area contributed by atoms with E-state index in [0.717, 1.165) is 0 Å². The van der Waals surface area contributed by atoms with Gasteiger partial charge in [0.15, 0.2) is 0 Å². The van der Waals surface area contributed by atoms with Gasteiger partial charge in [-0.3, -0.25) is 4.79 Å². The molecule has 0 radical (unpaired) electrons. The first kappa shape index (κ1) is 9.54. The molecule has 0 fully saturated rings. The van der Waals surface area contributed by atoms with Gasteiger partial charge in [-0.05, 0) is 18.2 Å². The molecule has 1 aromatic rings. The molecule has 0 aromatic heterocycles. The van der Waals surface area contributed by atoms with Crippen LogP contribution in [-0.4, -0.2) is 11.9 Å². The van der Waals surface area contributed by atoms with E-state index in [1.807, 2.05) is 0 Å². The van der Waals surface area contributed by atoms with Crippen LogP contribution in [0, 0.1) is 0 Å². The van der Waals surface area contributed by atoms with Gasteiger partial charge in [0, 0.05) is 5.56 Å². The highest BCUT2D eigenvalue weighted by molar-refractivity contribution is 6.16. The molecule has 1 rings (SSSR count). The maximum Gasteiger partial charge on any atom is 0.356 e. The summed E-state index contributed by atoms with van der Waals surface area (Å²) in [6.45, 7) is 0. The number of hydrogen-bond donors (Lipinski definition) is 1. The van der Waals surface area contributed by atoms with Crippen LogP contribution in [0.25, 0.3) is 0 Å². The van der Waals surface area contributed by atoms with Crippen LogP contribution in [0.1, 0.15) is 20.7 Å². The second-order valence-electron chi connectivity index (χ2n) is 2.31. The van der Waals surface area contributed by atoms with Gasteiger partial charge < -0.3 is 10.0 Å². The molecule has 68 valence electrons. The fourth-order valence-corrected chi connectivity index (χ4v) is 0.933. The van der Waals surface area contributed by atoms with Crippen molar-refractivity contribution in [2.24, 2.45) is 5.73 Å². The van der Waals surface area contributed by atoms with Crippen LogP contribution in [0.4, 0.5) is 0 Å². The Morgan fingerprint density at radius 2 is 1.92 bits per heavy atom. The molecule has 13 heavy (non-hydrogen) atoms. The van der Waals surface area contributed by atoms with Gasteiger partial charge in [0.2, 0.25) is 5.91 Å². The van der Waals surface area contributed by atoms with Gasteiger partial charge in [-0.2, -0.15) is 0 Å². The van der Waals surface area contributed by atoms with E-state index in [2.05, 4.69) is 4.29 Å². The van der Waals surface area contributed by atoms with Crippen molar-refractivity contribution in [1.82, 2.24) is 0 Å². The zero-order valence-corrected chi connectivity index (χ0v) is 7.25. The van der Waals surface area contributed by atoms with Gasteiger partial charge in [0.25, 0.3) is 0 Å². The number of halogens is 1. The van der Waals surface area contributed by atoms with Crippen molar-refractivity contribution in [3.05, 3.63) is 35.4 Å². The van der Waals surface area contributed by atoms with E-state index in [4.69, 9.17) is 17.6 Å². The Morgan fingerprint density at radius 1 is 1.31 bits per heavy atom.